The van der Waals surface area contributed by atoms with E-state index in [9.17, 15) is 9.59 Å². The van der Waals surface area contributed by atoms with Crippen LogP contribution >= 0.6 is 0 Å². The first-order chi connectivity index (χ1) is 9.58. The Morgan fingerprint density at radius 3 is 1.50 bits per heavy atom. The highest BCUT2D eigenvalue weighted by Crippen LogP contribution is 2.15. The van der Waals surface area contributed by atoms with Crippen molar-refractivity contribution in [1.82, 2.24) is 4.98 Å². The number of allylic oxidation sites excluding steroid dienone is 2. The molecule has 5 heteroatoms. The highest BCUT2D eigenvalue weighted by Gasteiger charge is 2.16. The van der Waals surface area contributed by atoms with Crippen LogP contribution in [0.15, 0.2) is 54.6 Å². The summed E-state index contributed by atoms with van der Waals surface area (Å²) in [6.45, 7) is 0. The Morgan fingerprint density at radius 1 is 0.700 bits per heavy atom. The Balaban J connectivity index is 0.000000160. The molecule has 20 heavy (non-hydrogen) atoms. The minimum Gasteiger partial charge on any atom is -0.384 e. The summed E-state index contributed by atoms with van der Waals surface area (Å²) in [5, 5.41) is 0. The minimum absolute atomic E-state index is 0.0924. The van der Waals surface area contributed by atoms with Gasteiger partial charge in [-0.15, -0.1) is 0 Å². The van der Waals surface area contributed by atoms with E-state index in [1.54, 1.807) is 42.5 Å². The number of fused-ring (bicyclic) bond motifs is 1. The number of rotatable bonds is 0. The number of nitrogens with two attached hydrogens (primary N) is 2. The SMILES string of the molecule is Nc1cccc(N)n1.O=C1C=CC(=O)c2ccccc21. The number of ketones is 2. The van der Waals surface area contributed by atoms with Crippen LogP contribution < -0.4 is 11.5 Å². The zero-order chi connectivity index (χ0) is 14.5. The van der Waals surface area contributed by atoms with Gasteiger partial charge in [0, 0.05) is 11.1 Å². The van der Waals surface area contributed by atoms with Crippen molar-refractivity contribution >= 4 is 23.2 Å². The molecule has 100 valence electrons. The molecule has 0 spiro atoms. The third-order valence-electron chi connectivity index (χ3n) is 2.64. The van der Waals surface area contributed by atoms with Gasteiger partial charge in [-0.05, 0) is 24.3 Å². The van der Waals surface area contributed by atoms with Gasteiger partial charge < -0.3 is 11.5 Å². The monoisotopic (exact) mass is 267 g/mol. The molecular weight excluding hydrogens is 254 g/mol. The van der Waals surface area contributed by atoms with E-state index < -0.39 is 0 Å². The second-order valence-corrected chi connectivity index (χ2v) is 4.09. The lowest BCUT2D eigenvalue weighted by Crippen LogP contribution is -2.10. The summed E-state index contributed by atoms with van der Waals surface area (Å²) in [6.07, 6.45) is 2.62. The van der Waals surface area contributed by atoms with Crippen LogP contribution in [0.1, 0.15) is 20.7 Å². The summed E-state index contributed by atoms with van der Waals surface area (Å²) >= 11 is 0. The number of pyridine rings is 1. The topological polar surface area (TPSA) is 99.1 Å². The lowest BCUT2D eigenvalue weighted by molar-refractivity contribution is 0.0994. The van der Waals surface area contributed by atoms with Gasteiger partial charge in [0.05, 0.1) is 0 Å². The Morgan fingerprint density at radius 2 is 1.15 bits per heavy atom. The van der Waals surface area contributed by atoms with Crippen molar-refractivity contribution in [3.8, 4) is 0 Å². The smallest absolute Gasteiger partial charge is 0.186 e. The zero-order valence-electron chi connectivity index (χ0n) is 10.6. The van der Waals surface area contributed by atoms with Gasteiger partial charge in [-0.1, -0.05) is 30.3 Å². The van der Waals surface area contributed by atoms with Crippen molar-refractivity contribution in [2.45, 2.75) is 0 Å². The maximum Gasteiger partial charge on any atom is 0.186 e. The van der Waals surface area contributed by atoms with Gasteiger partial charge >= 0.3 is 0 Å². The van der Waals surface area contributed by atoms with Crippen LogP contribution in [-0.2, 0) is 0 Å². The summed E-state index contributed by atoms with van der Waals surface area (Å²) in [5.41, 5.74) is 11.5. The second kappa shape index (κ2) is 5.79. The van der Waals surface area contributed by atoms with Crippen molar-refractivity contribution in [2.24, 2.45) is 0 Å². The maximum atomic E-state index is 11.2. The van der Waals surface area contributed by atoms with E-state index in [0.29, 0.717) is 22.8 Å². The first-order valence-corrected chi connectivity index (χ1v) is 5.91. The third kappa shape index (κ3) is 3.08. The number of carbonyl (C=O) groups excluding carboxylic acids is 2. The van der Waals surface area contributed by atoms with E-state index in [0.717, 1.165) is 0 Å². The third-order valence-corrected chi connectivity index (χ3v) is 2.64. The van der Waals surface area contributed by atoms with Gasteiger partial charge in [0.15, 0.2) is 11.6 Å². The highest BCUT2D eigenvalue weighted by atomic mass is 16.1. The van der Waals surface area contributed by atoms with Crippen LogP contribution in [0.25, 0.3) is 0 Å². The molecule has 0 bridgehead atoms. The van der Waals surface area contributed by atoms with Crippen LogP contribution in [-0.4, -0.2) is 16.6 Å². The fourth-order valence-electron chi connectivity index (χ4n) is 1.71. The lowest BCUT2D eigenvalue weighted by Gasteiger charge is -2.06. The molecule has 0 saturated carbocycles. The molecule has 0 fully saturated rings. The summed E-state index contributed by atoms with van der Waals surface area (Å²) < 4.78 is 0. The summed E-state index contributed by atoms with van der Waals surface area (Å²) in [5.74, 6) is 0.741. The standard InChI is InChI=1S/C10H6O2.C5H7N3/c11-9-5-6-10(12)8-4-2-1-3-7(8)9;6-4-2-1-3-5(7)8-4/h1-6H;1-3H,(H4,6,7,8). The number of carbonyl (C=O) groups is 2. The normalized spacial score (nSPS) is 12.4. The summed E-state index contributed by atoms with van der Waals surface area (Å²) in [7, 11) is 0. The number of nitrogen functional groups attached to an aromatic ring is 2. The first-order valence-electron chi connectivity index (χ1n) is 5.91. The molecular formula is C15H13N3O2. The number of hydrogen-bond donors (Lipinski definition) is 2. The maximum absolute atomic E-state index is 11.2. The number of aromatic nitrogens is 1. The Hall–Kier alpha value is -2.95. The van der Waals surface area contributed by atoms with E-state index in [1.165, 1.54) is 12.2 Å². The van der Waals surface area contributed by atoms with Crippen LogP contribution in [0, 0.1) is 0 Å². The first kappa shape index (κ1) is 13.5. The van der Waals surface area contributed by atoms with Gasteiger partial charge in [-0.25, -0.2) is 4.98 Å². The summed E-state index contributed by atoms with van der Waals surface area (Å²) in [4.78, 5) is 26.1. The number of nitrogens with zero attached hydrogens (tertiary/aromatic N) is 1. The molecule has 1 aliphatic carbocycles. The molecule has 0 saturated heterocycles. The van der Waals surface area contributed by atoms with Crippen LogP contribution in [0.3, 0.4) is 0 Å². The van der Waals surface area contributed by atoms with E-state index in [2.05, 4.69) is 4.98 Å². The zero-order valence-corrected chi connectivity index (χ0v) is 10.6. The summed E-state index contributed by atoms with van der Waals surface area (Å²) in [6, 6.07) is 12.0. The number of anilines is 2. The molecule has 1 heterocycles. The van der Waals surface area contributed by atoms with Crippen LogP contribution in [0.2, 0.25) is 0 Å². The minimum atomic E-state index is -0.0924. The molecule has 2 aromatic rings. The lowest BCUT2D eigenvalue weighted by atomic mass is 9.95. The molecule has 0 aliphatic heterocycles. The van der Waals surface area contributed by atoms with E-state index in [4.69, 9.17) is 11.5 Å². The molecule has 0 radical (unpaired) electrons. The molecule has 4 N–H and O–H groups in total. The molecule has 1 aliphatic rings. The van der Waals surface area contributed by atoms with E-state index in [1.807, 2.05) is 0 Å². The van der Waals surface area contributed by atoms with Crippen molar-refractivity contribution in [1.29, 1.82) is 0 Å². The number of hydrogen-bond acceptors (Lipinski definition) is 5. The Bertz CT molecular complexity index is 639. The van der Waals surface area contributed by atoms with Gasteiger partial charge in [-0.2, -0.15) is 0 Å². The van der Waals surface area contributed by atoms with Crippen molar-refractivity contribution in [3.63, 3.8) is 0 Å². The van der Waals surface area contributed by atoms with Crippen molar-refractivity contribution < 1.29 is 9.59 Å². The quantitative estimate of drug-likeness (QED) is 0.759. The van der Waals surface area contributed by atoms with Gasteiger partial charge in [0.25, 0.3) is 0 Å². The number of benzene rings is 1. The predicted molar refractivity (Wildman–Crippen MR) is 77.3 cm³/mol. The van der Waals surface area contributed by atoms with E-state index in [-0.39, 0.29) is 11.6 Å². The van der Waals surface area contributed by atoms with Crippen molar-refractivity contribution in [3.05, 3.63) is 65.7 Å². The fraction of sp³-hybridized carbons (Fsp3) is 0. The molecule has 0 amide bonds. The van der Waals surface area contributed by atoms with Crippen molar-refractivity contribution in [2.75, 3.05) is 11.5 Å². The highest BCUT2D eigenvalue weighted by molar-refractivity contribution is 6.21. The molecule has 1 aromatic carbocycles. The average Bonchev–Trinajstić information content (AvgIpc) is 2.44. The molecule has 3 rings (SSSR count). The van der Waals surface area contributed by atoms with Gasteiger partial charge in [0.2, 0.25) is 0 Å². The second-order valence-electron chi connectivity index (χ2n) is 4.09. The molecule has 1 aromatic heterocycles. The van der Waals surface area contributed by atoms with Gasteiger partial charge in [-0.3, -0.25) is 9.59 Å². The average molecular weight is 267 g/mol. The fourth-order valence-corrected chi connectivity index (χ4v) is 1.71. The van der Waals surface area contributed by atoms with E-state index >= 15 is 0 Å². The van der Waals surface area contributed by atoms with Gasteiger partial charge in [0.1, 0.15) is 11.6 Å². The largest absolute Gasteiger partial charge is 0.384 e. The van der Waals surface area contributed by atoms with Crippen LogP contribution in [0.4, 0.5) is 11.6 Å². The Labute approximate surface area is 115 Å². The van der Waals surface area contributed by atoms with Crippen LogP contribution in [0.5, 0.6) is 0 Å². The molecule has 0 unspecified atom stereocenters. The molecule has 5 nitrogen and oxygen atoms in total. The predicted octanol–water partition coefficient (Wildman–Crippen LogP) is 1.87. The molecule has 0 atom stereocenters. The Kier molecular flexibility index (Phi) is 3.91.